The second-order valence-corrected chi connectivity index (χ2v) is 9.76. The molecule has 3 rings (SSSR count). The Labute approximate surface area is 188 Å². The van der Waals surface area contributed by atoms with Crippen LogP contribution in [0.15, 0.2) is 53.4 Å². The van der Waals surface area contributed by atoms with Gasteiger partial charge in [-0.15, -0.1) is 0 Å². The number of piperidine rings is 1. The maximum atomic E-state index is 13.2. The van der Waals surface area contributed by atoms with E-state index in [1.54, 1.807) is 0 Å². The molecule has 0 radical (unpaired) electrons. The van der Waals surface area contributed by atoms with Crippen LogP contribution < -0.4 is 10.6 Å². The number of nitrogens with zero attached hydrogens (tertiary/aromatic N) is 1. The lowest BCUT2D eigenvalue weighted by molar-refractivity contribution is -0.139. The van der Waals surface area contributed by atoms with Crippen molar-refractivity contribution in [2.45, 2.75) is 50.1 Å². The standard InChI is InChI=1S/C23H28FN3O4S/c1-17-6-2-3-7-18(17)16-26-23(29)22(28)25-14-13-20-8-4-5-15-27(20)32(30,31)21-11-9-19(24)10-12-21/h2-3,6-7,9-12,20H,4-5,8,13-16H2,1H3,(H,25,28)(H,26,29)/t20-/m1/s1. The molecule has 1 fully saturated rings. The van der Waals surface area contributed by atoms with Gasteiger partial charge in [-0.2, -0.15) is 4.31 Å². The second kappa shape index (κ2) is 10.7. The number of halogens is 1. The highest BCUT2D eigenvalue weighted by Gasteiger charge is 2.33. The van der Waals surface area contributed by atoms with E-state index in [1.165, 1.54) is 16.4 Å². The quantitative estimate of drug-likeness (QED) is 0.620. The van der Waals surface area contributed by atoms with Crippen molar-refractivity contribution in [1.82, 2.24) is 14.9 Å². The SMILES string of the molecule is Cc1ccccc1CNC(=O)C(=O)NCC[C@H]1CCCCN1S(=O)(=O)c1ccc(F)cc1. The number of hydrogen-bond acceptors (Lipinski definition) is 4. The average molecular weight is 462 g/mol. The van der Waals surface area contributed by atoms with Crippen LogP contribution in [0.3, 0.4) is 0 Å². The fraction of sp³-hybridized carbons (Fsp3) is 0.391. The molecule has 2 N–H and O–H groups in total. The summed E-state index contributed by atoms with van der Waals surface area (Å²) >= 11 is 0. The smallest absolute Gasteiger partial charge is 0.309 e. The van der Waals surface area contributed by atoms with Crippen LogP contribution in [-0.2, 0) is 26.2 Å². The number of sulfonamides is 1. The first-order valence-corrected chi connectivity index (χ1v) is 12.1. The molecule has 0 saturated carbocycles. The maximum absolute atomic E-state index is 13.2. The molecule has 0 unspecified atom stereocenters. The Hall–Kier alpha value is -2.78. The molecule has 1 heterocycles. The zero-order valence-corrected chi connectivity index (χ0v) is 18.8. The lowest BCUT2D eigenvalue weighted by Gasteiger charge is -2.34. The van der Waals surface area contributed by atoms with E-state index in [-0.39, 0.29) is 24.0 Å². The number of rotatable bonds is 7. The fourth-order valence-electron chi connectivity index (χ4n) is 3.82. The summed E-state index contributed by atoms with van der Waals surface area (Å²) in [5.74, 6) is -1.97. The summed E-state index contributed by atoms with van der Waals surface area (Å²) in [6, 6.07) is 12.1. The Kier molecular flexibility index (Phi) is 7.98. The highest BCUT2D eigenvalue weighted by atomic mass is 32.2. The van der Waals surface area contributed by atoms with Gasteiger partial charge < -0.3 is 10.6 Å². The van der Waals surface area contributed by atoms with Crippen LogP contribution in [0.2, 0.25) is 0 Å². The second-order valence-electron chi connectivity index (χ2n) is 7.87. The Bertz CT molecular complexity index is 1060. The summed E-state index contributed by atoms with van der Waals surface area (Å²) in [6.07, 6.45) is 2.67. The number of amides is 2. The highest BCUT2D eigenvalue weighted by Crippen LogP contribution is 2.27. The zero-order chi connectivity index (χ0) is 23.1. The molecule has 1 aliphatic heterocycles. The van der Waals surface area contributed by atoms with E-state index >= 15 is 0 Å². The van der Waals surface area contributed by atoms with Gasteiger partial charge in [0.05, 0.1) is 4.90 Å². The Morgan fingerprint density at radius 1 is 1.03 bits per heavy atom. The van der Waals surface area contributed by atoms with E-state index in [2.05, 4.69) is 10.6 Å². The number of nitrogens with one attached hydrogen (secondary N) is 2. The summed E-state index contributed by atoms with van der Waals surface area (Å²) in [5.41, 5.74) is 1.95. The number of carbonyl (C=O) groups is 2. The molecule has 1 aliphatic rings. The van der Waals surface area contributed by atoms with Gasteiger partial charge in [-0.25, -0.2) is 12.8 Å². The summed E-state index contributed by atoms with van der Waals surface area (Å²) in [4.78, 5) is 24.3. The monoisotopic (exact) mass is 461 g/mol. The van der Waals surface area contributed by atoms with Gasteiger partial charge >= 0.3 is 11.8 Å². The topological polar surface area (TPSA) is 95.6 Å². The van der Waals surface area contributed by atoms with Crippen LogP contribution in [0.5, 0.6) is 0 Å². The maximum Gasteiger partial charge on any atom is 0.309 e. The van der Waals surface area contributed by atoms with Crippen molar-refractivity contribution < 1.29 is 22.4 Å². The molecule has 172 valence electrons. The average Bonchev–Trinajstić information content (AvgIpc) is 2.79. The molecule has 0 aromatic heterocycles. The first kappa shape index (κ1) is 23.9. The van der Waals surface area contributed by atoms with Crippen LogP contribution in [0.4, 0.5) is 4.39 Å². The van der Waals surface area contributed by atoms with Crippen molar-refractivity contribution in [3.63, 3.8) is 0 Å². The van der Waals surface area contributed by atoms with Crippen LogP contribution in [0.25, 0.3) is 0 Å². The first-order valence-electron chi connectivity index (χ1n) is 10.7. The van der Waals surface area contributed by atoms with Crippen LogP contribution in [-0.4, -0.2) is 43.7 Å². The van der Waals surface area contributed by atoms with Crippen molar-refractivity contribution in [3.05, 3.63) is 65.5 Å². The van der Waals surface area contributed by atoms with Gasteiger partial charge in [0.15, 0.2) is 0 Å². The molecular weight excluding hydrogens is 433 g/mol. The van der Waals surface area contributed by atoms with Gasteiger partial charge in [0.2, 0.25) is 10.0 Å². The summed E-state index contributed by atoms with van der Waals surface area (Å²) in [7, 11) is -3.76. The van der Waals surface area contributed by atoms with Crippen molar-refractivity contribution in [1.29, 1.82) is 0 Å². The minimum atomic E-state index is -3.76. The Morgan fingerprint density at radius 3 is 2.44 bits per heavy atom. The van der Waals surface area contributed by atoms with Crippen molar-refractivity contribution >= 4 is 21.8 Å². The molecule has 7 nitrogen and oxygen atoms in total. The fourth-order valence-corrected chi connectivity index (χ4v) is 5.54. The van der Waals surface area contributed by atoms with Gasteiger partial charge in [0.1, 0.15) is 5.82 Å². The Balaban J connectivity index is 1.53. The first-order chi connectivity index (χ1) is 15.3. The van der Waals surface area contributed by atoms with Crippen LogP contribution in [0, 0.1) is 12.7 Å². The van der Waals surface area contributed by atoms with Gasteiger partial charge in [-0.05, 0) is 61.6 Å². The van der Waals surface area contributed by atoms with Gasteiger partial charge in [-0.1, -0.05) is 30.7 Å². The van der Waals surface area contributed by atoms with E-state index in [1.807, 2.05) is 31.2 Å². The summed E-state index contributed by atoms with van der Waals surface area (Å²) in [5, 5.41) is 5.18. The zero-order valence-electron chi connectivity index (χ0n) is 18.0. The van der Waals surface area contributed by atoms with Crippen LogP contribution >= 0.6 is 0 Å². The van der Waals surface area contributed by atoms with Gasteiger partial charge in [-0.3, -0.25) is 9.59 Å². The Morgan fingerprint density at radius 2 is 1.72 bits per heavy atom. The molecule has 0 aliphatic carbocycles. The third kappa shape index (κ3) is 5.92. The third-order valence-corrected chi connectivity index (χ3v) is 7.63. The number of hydrogen-bond donors (Lipinski definition) is 2. The number of aryl methyl sites for hydroxylation is 1. The number of carbonyl (C=O) groups excluding carboxylic acids is 2. The molecule has 32 heavy (non-hydrogen) atoms. The summed E-state index contributed by atoms with van der Waals surface area (Å²) < 4.78 is 40.6. The lowest BCUT2D eigenvalue weighted by atomic mass is 10.0. The molecule has 1 atom stereocenters. The van der Waals surface area contributed by atoms with Crippen LogP contribution in [0.1, 0.15) is 36.8 Å². The van der Waals surface area contributed by atoms with Crippen molar-refractivity contribution in [2.24, 2.45) is 0 Å². The lowest BCUT2D eigenvalue weighted by Crippen LogP contribution is -2.46. The largest absolute Gasteiger partial charge is 0.348 e. The third-order valence-electron chi connectivity index (χ3n) is 5.66. The van der Waals surface area contributed by atoms with E-state index in [4.69, 9.17) is 0 Å². The van der Waals surface area contributed by atoms with E-state index in [0.717, 1.165) is 36.1 Å². The molecule has 1 saturated heterocycles. The molecule has 0 bridgehead atoms. The van der Waals surface area contributed by atoms with Gasteiger partial charge in [0, 0.05) is 25.7 Å². The normalized spacial score (nSPS) is 17.0. The van der Waals surface area contributed by atoms with E-state index in [0.29, 0.717) is 19.4 Å². The molecule has 2 aromatic carbocycles. The molecular formula is C23H28FN3O4S. The minimum absolute atomic E-state index is 0.0467. The molecule has 2 aromatic rings. The molecule has 2 amide bonds. The predicted molar refractivity (Wildman–Crippen MR) is 119 cm³/mol. The molecule has 0 spiro atoms. The highest BCUT2D eigenvalue weighted by molar-refractivity contribution is 7.89. The van der Waals surface area contributed by atoms with Gasteiger partial charge in [0.25, 0.3) is 0 Å². The molecule has 9 heteroatoms. The predicted octanol–water partition coefficient (Wildman–Crippen LogP) is 2.50. The van der Waals surface area contributed by atoms with Crippen molar-refractivity contribution in [3.8, 4) is 0 Å². The minimum Gasteiger partial charge on any atom is -0.348 e. The number of benzene rings is 2. The van der Waals surface area contributed by atoms with Crippen molar-refractivity contribution in [2.75, 3.05) is 13.1 Å². The summed E-state index contributed by atoms with van der Waals surface area (Å²) in [6.45, 7) is 2.73. The van der Waals surface area contributed by atoms with E-state index in [9.17, 15) is 22.4 Å². The van der Waals surface area contributed by atoms with E-state index < -0.39 is 27.7 Å².